The highest BCUT2D eigenvalue weighted by molar-refractivity contribution is 9.10. The summed E-state index contributed by atoms with van der Waals surface area (Å²) in [5.74, 6) is 2.77. The van der Waals surface area contributed by atoms with Crippen LogP contribution in [0.1, 0.15) is 19.8 Å². The molecule has 1 fully saturated rings. The molecule has 9 heteroatoms. The first-order valence-corrected chi connectivity index (χ1v) is 9.40. The number of halogens is 1. The molecule has 4 rings (SSSR count). The number of hydrogen-bond acceptors (Lipinski definition) is 7. The van der Waals surface area contributed by atoms with E-state index in [9.17, 15) is 0 Å². The summed E-state index contributed by atoms with van der Waals surface area (Å²) < 4.78 is 2.50. The third kappa shape index (κ3) is 3.67. The first-order chi connectivity index (χ1) is 12.7. The molecule has 0 bridgehead atoms. The normalized spacial score (nSPS) is 13.6. The van der Waals surface area contributed by atoms with Gasteiger partial charge in [-0.15, -0.1) is 0 Å². The van der Waals surface area contributed by atoms with Gasteiger partial charge in [0.2, 0.25) is 0 Å². The molecule has 0 aliphatic heterocycles. The molecule has 3 aromatic rings. The average molecular weight is 415 g/mol. The zero-order valence-corrected chi connectivity index (χ0v) is 15.9. The van der Waals surface area contributed by atoms with Gasteiger partial charge in [-0.2, -0.15) is 15.1 Å². The minimum atomic E-state index is 0.503. The summed E-state index contributed by atoms with van der Waals surface area (Å²) in [7, 11) is 0. The molecule has 3 heterocycles. The van der Waals surface area contributed by atoms with Crippen LogP contribution in [0.3, 0.4) is 0 Å². The Morgan fingerprint density at radius 1 is 1.23 bits per heavy atom. The molecule has 1 aliphatic carbocycles. The van der Waals surface area contributed by atoms with Crippen LogP contribution in [-0.4, -0.2) is 42.8 Å². The van der Waals surface area contributed by atoms with E-state index in [1.54, 1.807) is 17.1 Å². The molecule has 26 heavy (non-hydrogen) atoms. The Morgan fingerprint density at radius 3 is 2.73 bits per heavy atom. The fraction of sp³-hybridized carbons (Fsp3) is 0.353. The number of anilines is 2. The lowest BCUT2D eigenvalue weighted by molar-refractivity contribution is 0.802. The third-order valence-electron chi connectivity index (χ3n) is 4.10. The molecule has 0 saturated heterocycles. The van der Waals surface area contributed by atoms with Gasteiger partial charge in [0.15, 0.2) is 0 Å². The fourth-order valence-electron chi connectivity index (χ4n) is 2.53. The maximum absolute atomic E-state index is 4.65. The summed E-state index contributed by atoms with van der Waals surface area (Å²) in [6, 6.07) is 1.84. The summed E-state index contributed by atoms with van der Waals surface area (Å²) in [5, 5.41) is 11.1. The predicted octanol–water partition coefficient (Wildman–Crippen LogP) is 3.14. The molecule has 0 spiro atoms. The molecule has 0 unspecified atom stereocenters. The highest BCUT2D eigenvalue weighted by Gasteiger charge is 2.22. The van der Waals surface area contributed by atoms with Crippen LogP contribution in [0, 0.1) is 5.92 Å². The second-order valence-electron chi connectivity index (χ2n) is 6.16. The minimum Gasteiger partial charge on any atom is -0.369 e. The van der Waals surface area contributed by atoms with Gasteiger partial charge < -0.3 is 10.6 Å². The van der Waals surface area contributed by atoms with E-state index in [0.717, 1.165) is 46.4 Å². The Hall–Kier alpha value is -2.55. The maximum atomic E-state index is 4.65. The van der Waals surface area contributed by atoms with E-state index in [-0.39, 0.29) is 0 Å². The molecule has 8 nitrogen and oxygen atoms in total. The maximum Gasteiger partial charge on any atom is 0.254 e. The number of aromatic nitrogens is 6. The van der Waals surface area contributed by atoms with Gasteiger partial charge in [0.25, 0.3) is 5.95 Å². The van der Waals surface area contributed by atoms with Crippen molar-refractivity contribution in [2.45, 2.75) is 19.8 Å². The molecular weight excluding hydrogens is 396 g/mol. The SMILES string of the molecule is CCNc1nc(-n2cc(-c3ccncn3)cn2)nc(NCC2CC2)c1Br. The van der Waals surface area contributed by atoms with Crippen LogP contribution in [0.5, 0.6) is 0 Å². The molecule has 0 amide bonds. The molecule has 134 valence electrons. The van der Waals surface area contributed by atoms with E-state index in [4.69, 9.17) is 0 Å². The van der Waals surface area contributed by atoms with Crippen molar-refractivity contribution >= 4 is 27.6 Å². The second kappa shape index (κ2) is 7.36. The van der Waals surface area contributed by atoms with Crippen molar-refractivity contribution in [3.63, 3.8) is 0 Å². The molecule has 0 aromatic carbocycles. The van der Waals surface area contributed by atoms with Crippen LogP contribution in [0.4, 0.5) is 11.6 Å². The van der Waals surface area contributed by atoms with E-state index in [1.165, 1.54) is 19.2 Å². The van der Waals surface area contributed by atoms with Crippen molar-refractivity contribution in [2.75, 3.05) is 23.7 Å². The lowest BCUT2D eigenvalue weighted by Gasteiger charge is -2.13. The summed E-state index contributed by atoms with van der Waals surface area (Å²) in [6.45, 7) is 3.72. The Balaban J connectivity index is 1.67. The lowest BCUT2D eigenvalue weighted by Crippen LogP contribution is -2.12. The van der Waals surface area contributed by atoms with Crippen LogP contribution in [-0.2, 0) is 0 Å². The molecule has 0 radical (unpaired) electrons. The Bertz CT molecular complexity index is 891. The highest BCUT2D eigenvalue weighted by atomic mass is 79.9. The molecule has 3 aromatic heterocycles. The van der Waals surface area contributed by atoms with E-state index >= 15 is 0 Å². The quantitative estimate of drug-likeness (QED) is 0.612. The second-order valence-corrected chi connectivity index (χ2v) is 6.95. The first-order valence-electron chi connectivity index (χ1n) is 8.61. The largest absolute Gasteiger partial charge is 0.369 e. The molecule has 2 N–H and O–H groups in total. The molecule has 0 atom stereocenters. The summed E-state index contributed by atoms with van der Waals surface area (Å²) >= 11 is 3.60. The van der Waals surface area contributed by atoms with Crippen molar-refractivity contribution in [3.8, 4) is 17.2 Å². The summed E-state index contributed by atoms with van der Waals surface area (Å²) in [5.41, 5.74) is 1.69. The van der Waals surface area contributed by atoms with Crippen LogP contribution < -0.4 is 10.6 Å². The number of nitrogens with one attached hydrogen (secondary N) is 2. The van der Waals surface area contributed by atoms with Crippen LogP contribution >= 0.6 is 15.9 Å². The fourth-order valence-corrected chi connectivity index (χ4v) is 2.99. The van der Waals surface area contributed by atoms with Gasteiger partial charge in [0.05, 0.1) is 11.9 Å². The van der Waals surface area contributed by atoms with Gasteiger partial charge in [-0.25, -0.2) is 14.6 Å². The molecule has 1 aliphatic rings. The summed E-state index contributed by atoms with van der Waals surface area (Å²) in [6.07, 6.45) is 9.41. The minimum absolute atomic E-state index is 0.503. The zero-order chi connectivity index (χ0) is 17.9. The lowest BCUT2D eigenvalue weighted by atomic mass is 10.2. The Labute approximate surface area is 159 Å². The van der Waals surface area contributed by atoms with Crippen molar-refractivity contribution in [1.29, 1.82) is 0 Å². The van der Waals surface area contributed by atoms with Gasteiger partial charge >= 0.3 is 0 Å². The van der Waals surface area contributed by atoms with E-state index in [0.29, 0.717) is 5.95 Å². The van der Waals surface area contributed by atoms with Gasteiger partial charge in [-0.05, 0) is 47.7 Å². The predicted molar refractivity (Wildman–Crippen MR) is 103 cm³/mol. The first kappa shape index (κ1) is 16.9. The van der Waals surface area contributed by atoms with Gasteiger partial charge in [-0.3, -0.25) is 0 Å². The van der Waals surface area contributed by atoms with E-state index in [2.05, 4.69) is 51.6 Å². The standard InChI is InChI=1S/C17H19BrN8/c1-2-20-15-14(18)16(21-7-11-3-4-11)25-17(24-15)26-9-12(8-23-26)13-5-6-19-10-22-13/h5-6,8-11H,2-4,7H2,1H3,(H2,20,21,24,25). The third-order valence-corrected chi connectivity index (χ3v) is 4.86. The number of nitrogens with zero attached hydrogens (tertiary/aromatic N) is 6. The van der Waals surface area contributed by atoms with E-state index < -0.39 is 0 Å². The zero-order valence-electron chi connectivity index (χ0n) is 14.4. The van der Waals surface area contributed by atoms with E-state index in [1.807, 2.05) is 19.2 Å². The van der Waals surface area contributed by atoms with Crippen molar-refractivity contribution < 1.29 is 0 Å². The smallest absolute Gasteiger partial charge is 0.254 e. The van der Waals surface area contributed by atoms with Crippen LogP contribution in [0.25, 0.3) is 17.2 Å². The molecular formula is C17H19BrN8. The topological polar surface area (TPSA) is 93.4 Å². The van der Waals surface area contributed by atoms with Gasteiger partial charge in [0.1, 0.15) is 22.4 Å². The number of rotatable bonds is 7. The van der Waals surface area contributed by atoms with Crippen molar-refractivity contribution in [2.24, 2.45) is 5.92 Å². The Kier molecular flexibility index (Phi) is 4.79. The van der Waals surface area contributed by atoms with Crippen LogP contribution in [0.15, 0.2) is 35.5 Å². The van der Waals surface area contributed by atoms with Crippen molar-refractivity contribution in [3.05, 3.63) is 35.5 Å². The highest BCUT2D eigenvalue weighted by Crippen LogP contribution is 2.32. The average Bonchev–Trinajstić information content (AvgIpc) is 3.37. The number of hydrogen-bond donors (Lipinski definition) is 2. The summed E-state index contributed by atoms with van der Waals surface area (Å²) in [4.78, 5) is 17.4. The van der Waals surface area contributed by atoms with Gasteiger partial charge in [-0.1, -0.05) is 0 Å². The van der Waals surface area contributed by atoms with Crippen molar-refractivity contribution in [1.82, 2.24) is 29.7 Å². The Morgan fingerprint density at radius 2 is 2.04 bits per heavy atom. The van der Waals surface area contributed by atoms with Crippen LogP contribution in [0.2, 0.25) is 0 Å². The van der Waals surface area contributed by atoms with Gasteiger partial charge in [0, 0.05) is 31.0 Å². The molecule has 1 saturated carbocycles. The monoisotopic (exact) mass is 414 g/mol.